The highest BCUT2D eigenvalue weighted by Gasteiger charge is 2.50. The second kappa shape index (κ2) is 15.9. The Morgan fingerprint density at radius 3 is 2.16 bits per heavy atom. The van der Waals surface area contributed by atoms with Gasteiger partial charge in [0.25, 0.3) is 0 Å². The number of amides is 1. The second-order valence-electron chi connectivity index (χ2n) is 12.7. The van der Waals surface area contributed by atoms with E-state index >= 15 is 0 Å². The summed E-state index contributed by atoms with van der Waals surface area (Å²) in [7, 11) is 0. The van der Waals surface area contributed by atoms with Crippen molar-refractivity contribution < 1.29 is 19.0 Å². The monoisotopic (exact) mass is 687 g/mol. The van der Waals surface area contributed by atoms with E-state index in [1.807, 2.05) is 52.0 Å². The summed E-state index contributed by atoms with van der Waals surface area (Å²) in [6, 6.07) is 16.4. The number of piperidine rings is 1. The van der Waals surface area contributed by atoms with Gasteiger partial charge in [0.05, 0.1) is 30.7 Å². The third kappa shape index (κ3) is 7.71. The first kappa shape index (κ1) is 35.1. The molecule has 268 valence electrons. The molecule has 1 amide bonds. The number of carbonyl (C=O) groups excluding carboxylic acids is 1. The van der Waals surface area contributed by atoms with E-state index in [-0.39, 0.29) is 29.7 Å². The summed E-state index contributed by atoms with van der Waals surface area (Å²) in [4.78, 5) is 31.3. The summed E-state index contributed by atoms with van der Waals surface area (Å²) in [6.07, 6.45) is 6.51. The average molecular weight is 688 g/mol. The molecule has 3 aliphatic rings. The minimum atomic E-state index is -0.977. The van der Waals surface area contributed by atoms with Crippen molar-refractivity contribution in [2.75, 3.05) is 55.7 Å². The van der Waals surface area contributed by atoms with Gasteiger partial charge in [-0.05, 0) is 68.3 Å². The maximum absolute atomic E-state index is 12.8. The summed E-state index contributed by atoms with van der Waals surface area (Å²) in [5, 5.41) is 15.7. The van der Waals surface area contributed by atoms with Gasteiger partial charge in [0.1, 0.15) is 31.3 Å². The lowest BCUT2D eigenvalue weighted by Crippen LogP contribution is -2.50. The van der Waals surface area contributed by atoms with Gasteiger partial charge < -0.3 is 29.3 Å². The highest BCUT2D eigenvalue weighted by atomic mass is 16.8. The Labute approximate surface area is 292 Å². The number of hydrogen-bond donors (Lipinski definition) is 1. The standard InChI is InChI=1S/C34H43N9O5.C2H6/c1-3-25(2)43-33(45)41(24-38-43)29-6-4-27(5-7-29)39-16-18-40(19-17-39)28-8-10-30(11-9-28)46-21-31-22-47-34(48-31,23-42-36-14-15-37-42)26-12-13-35-32(44)20-26;1-2/h4-11,14-15,24-26,31H,3,12-13,16-23H2,1-2H3,(H,35,44);1-2H3. The number of piperazine rings is 1. The van der Waals surface area contributed by atoms with E-state index in [1.54, 1.807) is 32.8 Å². The lowest BCUT2D eigenvalue weighted by Gasteiger charge is -2.37. The molecule has 0 radical (unpaired) electrons. The Morgan fingerprint density at radius 1 is 0.920 bits per heavy atom. The summed E-state index contributed by atoms with van der Waals surface area (Å²) < 4.78 is 22.0. The molecule has 0 saturated carbocycles. The zero-order valence-electron chi connectivity index (χ0n) is 29.5. The van der Waals surface area contributed by atoms with Crippen molar-refractivity contribution in [3.8, 4) is 11.4 Å². The number of hydrogen-bond acceptors (Lipinski definition) is 10. The molecule has 0 aliphatic carbocycles. The van der Waals surface area contributed by atoms with E-state index in [0.29, 0.717) is 32.7 Å². The number of nitrogens with zero attached hydrogens (tertiary/aromatic N) is 8. The molecule has 14 heteroatoms. The predicted molar refractivity (Wildman–Crippen MR) is 190 cm³/mol. The summed E-state index contributed by atoms with van der Waals surface area (Å²) in [5.74, 6) is -0.311. The van der Waals surface area contributed by atoms with Crippen LogP contribution in [0, 0.1) is 5.92 Å². The van der Waals surface area contributed by atoms with Crippen LogP contribution in [0.1, 0.15) is 53.0 Å². The highest BCUT2D eigenvalue weighted by Crippen LogP contribution is 2.38. The Kier molecular flexibility index (Phi) is 11.2. The zero-order valence-corrected chi connectivity index (χ0v) is 29.5. The molecule has 5 heterocycles. The summed E-state index contributed by atoms with van der Waals surface area (Å²) >= 11 is 0. The maximum atomic E-state index is 12.8. The molecule has 2 aromatic heterocycles. The third-order valence-electron chi connectivity index (χ3n) is 9.69. The van der Waals surface area contributed by atoms with Gasteiger partial charge in [-0.2, -0.15) is 20.1 Å². The number of rotatable bonds is 11. The van der Waals surface area contributed by atoms with Crippen LogP contribution in [-0.4, -0.2) is 93.1 Å². The number of benzene rings is 2. The lowest BCUT2D eigenvalue weighted by atomic mass is 9.88. The Morgan fingerprint density at radius 2 is 1.54 bits per heavy atom. The van der Waals surface area contributed by atoms with Crippen LogP contribution in [0.25, 0.3) is 5.69 Å². The van der Waals surface area contributed by atoms with Crippen molar-refractivity contribution in [1.82, 2.24) is 34.7 Å². The van der Waals surface area contributed by atoms with Crippen LogP contribution in [0.4, 0.5) is 11.4 Å². The molecule has 3 aliphatic heterocycles. The van der Waals surface area contributed by atoms with E-state index in [1.165, 1.54) is 0 Å². The molecule has 7 rings (SSSR count). The quantitative estimate of drug-likeness (QED) is 0.249. The fourth-order valence-corrected chi connectivity index (χ4v) is 6.73. The van der Waals surface area contributed by atoms with Crippen molar-refractivity contribution in [2.45, 2.75) is 71.4 Å². The smallest absolute Gasteiger partial charge is 0.350 e. The first-order valence-electron chi connectivity index (χ1n) is 17.8. The van der Waals surface area contributed by atoms with E-state index in [2.05, 4.69) is 54.7 Å². The van der Waals surface area contributed by atoms with Crippen molar-refractivity contribution in [3.05, 3.63) is 77.7 Å². The van der Waals surface area contributed by atoms with Crippen LogP contribution >= 0.6 is 0 Å². The van der Waals surface area contributed by atoms with Crippen LogP contribution in [-0.2, 0) is 20.8 Å². The SMILES string of the molecule is CC.CCC(C)n1ncn(-c2ccc(N3CCN(c4ccc(OCC5COC(Cn6nccn6)(C6CCNC(=O)C6)O5)cc4)CC3)cc2)c1=O. The Bertz CT molecular complexity index is 1720. The van der Waals surface area contributed by atoms with Gasteiger partial charge in [-0.3, -0.25) is 4.79 Å². The van der Waals surface area contributed by atoms with Gasteiger partial charge in [-0.25, -0.2) is 14.0 Å². The molecular weight excluding hydrogens is 638 g/mol. The zero-order chi connectivity index (χ0) is 35.1. The molecule has 4 aromatic rings. The fourth-order valence-electron chi connectivity index (χ4n) is 6.73. The molecule has 2 aromatic carbocycles. The minimum absolute atomic E-state index is 0.00220. The first-order valence-corrected chi connectivity index (χ1v) is 17.8. The Hall–Kier alpha value is -4.69. The van der Waals surface area contributed by atoms with Crippen LogP contribution in [0.5, 0.6) is 5.75 Å². The third-order valence-corrected chi connectivity index (χ3v) is 9.69. The summed E-state index contributed by atoms with van der Waals surface area (Å²) in [6.45, 7) is 13.2. The molecule has 1 N–H and O–H groups in total. The topological polar surface area (TPSA) is 134 Å². The van der Waals surface area contributed by atoms with E-state index in [0.717, 1.165) is 61.8 Å². The van der Waals surface area contributed by atoms with Crippen LogP contribution in [0.2, 0.25) is 0 Å². The minimum Gasteiger partial charge on any atom is -0.491 e. The van der Waals surface area contributed by atoms with Crippen molar-refractivity contribution >= 4 is 17.3 Å². The molecular formula is C36H49N9O5. The lowest BCUT2D eigenvalue weighted by molar-refractivity contribution is -0.223. The molecule has 4 unspecified atom stereocenters. The maximum Gasteiger partial charge on any atom is 0.350 e. The van der Waals surface area contributed by atoms with Gasteiger partial charge in [0, 0.05) is 56.4 Å². The average Bonchev–Trinajstić information content (AvgIpc) is 3.93. The van der Waals surface area contributed by atoms with Gasteiger partial charge in [0.2, 0.25) is 5.91 Å². The number of aromatic nitrogens is 6. The number of nitrogens with one attached hydrogen (secondary N) is 1. The number of anilines is 2. The van der Waals surface area contributed by atoms with Gasteiger partial charge in [-0.1, -0.05) is 20.8 Å². The van der Waals surface area contributed by atoms with E-state index in [4.69, 9.17) is 14.2 Å². The number of carbonyl (C=O) groups is 1. The molecule has 3 saturated heterocycles. The molecule has 14 nitrogen and oxygen atoms in total. The summed E-state index contributed by atoms with van der Waals surface area (Å²) in [5.41, 5.74) is 2.99. The van der Waals surface area contributed by atoms with E-state index < -0.39 is 5.79 Å². The largest absolute Gasteiger partial charge is 0.491 e. The second-order valence-corrected chi connectivity index (χ2v) is 12.7. The number of ether oxygens (including phenoxy) is 3. The molecule has 3 fully saturated rings. The molecule has 0 spiro atoms. The highest BCUT2D eigenvalue weighted by molar-refractivity contribution is 5.77. The van der Waals surface area contributed by atoms with Crippen molar-refractivity contribution in [1.29, 1.82) is 0 Å². The molecule has 50 heavy (non-hydrogen) atoms. The van der Waals surface area contributed by atoms with Gasteiger partial charge in [-0.15, -0.1) is 0 Å². The Balaban J connectivity index is 0.00000212. The normalized spacial score (nSPS) is 22.8. The first-order chi connectivity index (χ1) is 24.4. The van der Waals surface area contributed by atoms with Crippen LogP contribution in [0.15, 0.2) is 72.0 Å². The van der Waals surface area contributed by atoms with Gasteiger partial charge >= 0.3 is 5.69 Å². The van der Waals surface area contributed by atoms with Crippen molar-refractivity contribution in [3.63, 3.8) is 0 Å². The van der Waals surface area contributed by atoms with Crippen molar-refractivity contribution in [2.24, 2.45) is 5.92 Å². The fraction of sp³-hybridized carbons (Fsp3) is 0.528. The van der Waals surface area contributed by atoms with Crippen LogP contribution < -0.4 is 25.5 Å². The van der Waals surface area contributed by atoms with Crippen LogP contribution in [0.3, 0.4) is 0 Å². The predicted octanol–water partition coefficient (Wildman–Crippen LogP) is 3.67. The van der Waals surface area contributed by atoms with Gasteiger partial charge in [0.15, 0.2) is 5.79 Å². The van der Waals surface area contributed by atoms with E-state index in [9.17, 15) is 9.59 Å². The molecule has 4 atom stereocenters. The molecule has 0 bridgehead atoms.